The van der Waals surface area contributed by atoms with Gasteiger partial charge >= 0.3 is 0 Å². The molecule has 0 atom stereocenters. The molecule has 2 aromatic heterocycles. The fourth-order valence-electron chi connectivity index (χ4n) is 1.49. The fraction of sp³-hybridized carbons (Fsp3) is 0.273. The van der Waals surface area contributed by atoms with Crippen LogP contribution in [0.1, 0.15) is 12.5 Å². The van der Waals surface area contributed by atoms with E-state index in [0.717, 1.165) is 23.4 Å². The van der Waals surface area contributed by atoms with E-state index in [-0.39, 0.29) is 0 Å². The van der Waals surface area contributed by atoms with E-state index in [2.05, 4.69) is 10.1 Å². The molecule has 0 fully saturated rings. The maximum absolute atomic E-state index is 5.90. The predicted molar refractivity (Wildman–Crippen MR) is 60.3 cm³/mol. The zero-order valence-electron chi connectivity index (χ0n) is 8.94. The Morgan fingerprint density at radius 1 is 1.40 bits per heavy atom. The molecule has 0 aliphatic carbocycles. The molecule has 2 heterocycles. The molecule has 0 radical (unpaired) electrons. The third-order valence-electron chi connectivity index (χ3n) is 2.28. The Labute approximate surface area is 88.8 Å². The summed E-state index contributed by atoms with van der Waals surface area (Å²) in [7, 11) is 0. The number of rotatable bonds is 2. The maximum Gasteiger partial charge on any atom is 0.0962 e. The molecule has 2 N–H and O–H groups in total. The molecule has 0 spiro atoms. The van der Waals surface area contributed by atoms with Crippen LogP contribution in [0.15, 0.2) is 24.7 Å². The van der Waals surface area contributed by atoms with Gasteiger partial charge in [-0.1, -0.05) is 0 Å². The van der Waals surface area contributed by atoms with E-state index in [1.165, 1.54) is 0 Å². The van der Waals surface area contributed by atoms with Gasteiger partial charge in [-0.15, -0.1) is 0 Å². The molecule has 0 aliphatic rings. The second-order valence-corrected chi connectivity index (χ2v) is 3.54. The Balaban J connectivity index is 2.44. The van der Waals surface area contributed by atoms with Crippen LogP contribution < -0.4 is 5.73 Å². The third kappa shape index (κ3) is 1.83. The number of aryl methyl sites for hydroxylation is 2. The Kier molecular flexibility index (Phi) is 2.41. The summed E-state index contributed by atoms with van der Waals surface area (Å²) in [6, 6.07) is 1.92. The van der Waals surface area contributed by atoms with E-state index in [0.29, 0.717) is 5.69 Å². The van der Waals surface area contributed by atoms with Crippen LogP contribution >= 0.6 is 0 Å². The van der Waals surface area contributed by atoms with Gasteiger partial charge in [-0.05, 0) is 25.5 Å². The van der Waals surface area contributed by atoms with Gasteiger partial charge in [-0.3, -0.25) is 9.67 Å². The summed E-state index contributed by atoms with van der Waals surface area (Å²) < 4.78 is 1.86. The summed E-state index contributed by atoms with van der Waals surface area (Å²) in [5.41, 5.74) is 9.45. The van der Waals surface area contributed by atoms with Crippen molar-refractivity contribution >= 4 is 5.69 Å². The van der Waals surface area contributed by atoms with Gasteiger partial charge in [0.2, 0.25) is 0 Å². The predicted octanol–water partition coefficient (Wildman–Crippen LogP) is 1.86. The fourth-order valence-corrected chi connectivity index (χ4v) is 1.49. The van der Waals surface area contributed by atoms with Crippen molar-refractivity contribution in [1.29, 1.82) is 0 Å². The highest BCUT2D eigenvalue weighted by atomic mass is 15.3. The summed E-state index contributed by atoms with van der Waals surface area (Å²) in [5.74, 6) is 0. The normalized spacial score (nSPS) is 10.5. The third-order valence-corrected chi connectivity index (χ3v) is 2.28. The van der Waals surface area contributed by atoms with Crippen LogP contribution in [0, 0.1) is 6.92 Å². The molecular weight excluding hydrogens is 188 g/mol. The molecule has 78 valence electrons. The van der Waals surface area contributed by atoms with Crippen LogP contribution in [0.2, 0.25) is 0 Å². The van der Waals surface area contributed by atoms with Gasteiger partial charge in [0, 0.05) is 24.5 Å². The lowest BCUT2D eigenvalue weighted by atomic mass is 10.1. The van der Waals surface area contributed by atoms with Crippen LogP contribution in [0.25, 0.3) is 11.3 Å². The average molecular weight is 202 g/mol. The van der Waals surface area contributed by atoms with Gasteiger partial charge in [0.15, 0.2) is 0 Å². The topological polar surface area (TPSA) is 56.7 Å². The van der Waals surface area contributed by atoms with Gasteiger partial charge in [0.05, 0.1) is 17.6 Å². The molecular formula is C11H14N4. The van der Waals surface area contributed by atoms with Crippen molar-refractivity contribution in [3.63, 3.8) is 0 Å². The number of pyridine rings is 1. The first kappa shape index (κ1) is 9.71. The lowest BCUT2D eigenvalue weighted by Crippen LogP contribution is -1.94. The molecule has 2 aromatic rings. The Morgan fingerprint density at radius 2 is 2.20 bits per heavy atom. The standard InChI is InChI=1S/C11H14N4/c1-3-15-7-9(6-14-15)11-10(12)4-8(2)5-13-11/h4-7H,3,12H2,1-2H3. The number of aromatic nitrogens is 3. The minimum absolute atomic E-state index is 0.700. The zero-order chi connectivity index (χ0) is 10.8. The summed E-state index contributed by atoms with van der Waals surface area (Å²) in [6.45, 7) is 4.87. The molecule has 15 heavy (non-hydrogen) atoms. The smallest absolute Gasteiger partial charge is 0.0962 e. The van der Waals surface area contributed by atoms with Crippen LogP contribution in [0.3, 0.4) is 0 Å². The van der Waals surface area contributed by atoms with Gasteiger partial charge in [-0.2, -0.15) is 5.10 Å². The van der Waals surface area contributed by atoms with E-state index in [1.807, 2.05) is 37.0 Å². The number of nitrogen functional groups attached to an aromatic ring is 1. The number of nitrogens with two attached hydrogens (primary N) is 1. The molecule has 0 unspecified atom stereocenters. The van der Waals surface area contributed by atoms with Crippen molar-refractivity contribution in [2.24, 2.45) is 0 Å². The highest BCUT2D eigenvalue weighted by Crippen LogP contribution is 2.23. The first-order valence-electron chi connectivity index (χ1n) is 4.95. The van der Waals surface area contributed by atoms with Crippen molar-refractivity contribution in [2.75, 3.05) is 5.73 Å². The van der Waals surface area contributed by atoms with Crippen molar-refractivity contribution < 1.29 is 0 Å². The Bertz CT molecular complexity index is 473. The van der Waals surface area contributed by atoms with Crippen LogP contribution in [0.4, 0.5) is 5.69 Å². The van der Waals surface area contributed by atoms with Crippen LogP contribution in [-0.4, -0.2) is 14.8 Å². The van der Waals surface area contributed by atoms with E-state index in [4.69, 9.17) is 5.73 Å². The lowest BCUT2D eigenvalue weighted by Gasteiger charge is -2.02. The minimum atomic E-state index is 0.700. The van der Waals surface area contributed by atoms with Crippen LogP contribution in [0.5, 0.6) is 0 Å². The summed E-state index contributed by atoms with van der Waals surface area (Å²) >= 11 is 0. The average Bonchev–Trinajstić information content (AvgIpc) is 2.66. The molecule has 2 rings (SSSR count). The van der Waals surface area contributed by atoms with Crippen molar-refractivity contribution in [1.82, 2.24) is 14.8 Å². The van der Waals surface area contributed by atoms with Gasteiger partial charge in [-0.25, -0.2) is 0 Å². The molecule has 0 aliphatic heterocycles. The first-order valence-corrected chi connectivity index (χ1v) is 4.95. The monoisotopic (exact) mass is 202 g/mol. The van der Waals surface area contributed by atoms with E-state index in [9.17, 15) is 0 Å². The molecule has 4 heteroatoms. The quantitative estimate of drug-likeness (QED) is 0.808. The summed E-state index contributed by atoms with van der Waals surface area (Å²) in [5, 5.41) is 4.20. The molecule has 0 amide bonds. The Morgan fingerprint density at radius 3 is 2.80 bits per heavy atom. The van der Waals surface area contributed by atoms with Crippen molar-refractivity contribution in [2.45, 2.75) is 20.4 Å². The highest BCUT2D eigenvalue weighted by molar-refractivity contribution is 5.71. The molecule has 0 saturated heterocycles. The summed E-state index contributed by atoms with van der Waals surface area (Å²) in [6.07, 6.45) is 5.56. The minimum Gasteiger partial charge on any atom is -0.397 e. The number of anilines is 1. The van der Waals surface area contributed by atoms with Gasteiger partial charge < -0.3 is 5.73 Å². The molecule has 0 bridgehead atoms. The first-order chi connectivity index (χ1) is 7.20. The van der Waals surface area contributed by atoms with E-state index < -0.39 is 0 Å². The maximum atomic E-state index is 5.90. The van der Waals surface area contributed by atoms with Gasteiger partial charge in [0.1, 0.15) is 0 Å². The Hall–Kier alpha value is -1.84. The SMILES string of the molecule is CCn1cc(-c2ncc(C)cc2N)cn1. The van der Waals surface area contributed by atoms with E-state index in [1.54, 1.807) is 6.20 Å². The number of hydrogen-bond acceptors (Lipinski definition) is 3. The van der Waals surface area contributed by atoms with Crippen molar-refractivity contribution in [3.05, 3.63) is 30.2 Å². The van der Waals surface area contributed by atoms with Gasteiger partial charge in [0.25, 0.3) is 0 Å². The number of hydrogen-bond donors (Lipinski definition) is 1. The zero-order valence-corrected chi connectivity index (χ0v) is 8.94. The second-order valence-electron chi connectivity index (χ2n) is 3.54. The van der Waals surface area contributed by atoms with Crippen LogP contribution in [-0.2, 0) is 6.54 Å². The molecule has 4 nitrogen and oxygen atoms in total. The molecule has 0 aromatic carbocycles. The van der Waals surface area contributed by atoms with Crippen molar-refractivity contribution in [3.8, 4) is 11.3 Å². The van der Waals surface area contributed by atoms with E-state index >= 15 is 0 Å². The largest absolute Gasteiger partial charge is 0.397 e. The molecule has 0 saturated carbocycles. The highest BCUT2D eigenvalue weighted by Gasteiger charge is 2.06. The second kappa shape index (κ2) is 3.73. The lowest BCUT2D eigenvalue weighted by molar-refractivity contribution is 0.660. The summed E-state index contributed by atoms with van der Waals surface area (Å²) in [4.78, 5) is 4.32. The number of nitrogens with zero attached hydrogens (tertiary/aromatic N) is 3.